The average molecular weight is 625 g/mol. The van der Waals surface area contributed by atoms with Crippen LogP contribution in [0.15, 0.2) is 64.2 Å². The first kappa shape index (κ1) is 29.4. The van der Waals surface area contributed by atoms with Gasteiger partial charge < -0.3 is 14.8 Å². The van der Waals surface area contributed by atoms with Crippen LogP contribution >= 0.6 is 39.1 Å². The number of ether oxygens (including phenoxy) is 2. The second-order valence-corrected chi connectivity index (χ2v) is 10.2. The van der Waals surface area contributed by atoms with Gasteiger partial charge in [0.25, 0.3) is 11.8 Å². The van der Waals surface area contributed by atoms with Gasteiger partial charge in [0.15, 0.2) is 11.5 Å². The van der Waals surface area contributed by atoms with E-state index in [1.807, 2.05) is 0 Å². The zero-order chi connectivity index (χ0) is 27.8. The molecular weight excluding hydrogens is 600 g/mol. The highest BCUT2D eigenvalue weighted by Gasteiger charge is 2.24. The molecule has 2 amide bonds. The Morgan fingerprint density at radius 3 is 2.45 bits per heavy atom. The number of carbonyl (C=O) groups is 2. The lowest BCUT2D eigenvalue weighted by Gasteiger charge is -2.20. The van der Waals surface area contributed by atoms with Gasteiger partial charge in [0.2, 0.25) is 0 Å². The van der Waals surface area contributed by atoms with E-state index in [-0.39, 0.29) is 18.1 Å². The van der Waals surface area contributed by atoms with Crippen LogP contribution < -0.4 is 20.2 Å². The van der Waals surface area contributed by atoms with Crippen LogP contribution in [-0.2, 0) is 11.4 Å². The molecule has 0 bridgehead atoms. The molecule has 0 fully saturated rings. The third-order valence-corrected chi connectivity index (χ3v) is 6.55. The average Bonchev–Trinajstić information content (AvgIpc) is 2.87. The van der Waals surface area contributed by atoms with Crippen LogP contribution in [0, 0.1) is 11.7 Å². The summed E-state index contributed by atoms with van der Waals surface area (Å²) >= 11 is 15.7. The number of nitrogens with zero attached hydrogens (tertiary/aromatic N) is 1. The molecule has 0 aromatic heterocycles. The van der Waals surface area contributed by atoms with E-state index in [1.54, 1.807) is 44.2 Å². The summed E-state index contributed by atoms with van der Waals surface area (Å²) in [5.41, 5.74) is 4.06. The monoisotopic (exact) mass is 623 g/mol. The fourth-order valence-electron chi connectivity index (χ4n) is 3.34. The first-order valence-corrected chi connectivity index (χ1v) is 13.0. The van der Waals surface area contributed by atoms with Crippen LogP contribution in [-0.4, -0.2) is 31.2 Å². The van der Waals surface area contributed by atoms with Gasteiger partial charge in [0.1, 0.15) is 18.5 Å². The molecule has 3 aromatic carbocycles. The smallest absolute Gasteiger partial charge is 0.262 e. The van der Waals surface area contributed by atoms with Gasteiger partial charge in [-0.25, -0.2) is 9.82 Å². The van der Waals surface area contributed by atoms with Crippen molar-refractivity contribution in [3.63, 3.8) is 0 Å². The fraction of sp³-hybridized carbons (Fsp3) is 0.222. The third kappa shape index (κ3) is 7.93. The Labute approximate surface area is 238 Å². The zero-order valence-electron chi connectivity index (χ0n) is 20.7. The van der Waals surface area contributed by atoms with Crippen molar-refractivity contribution >= 4 is 57.2 Å². The van der Waals surface area contributed by atoms with E-state index in [2.05, 4.69) is 31.8 Å². The van der Waals surface area contributed by atoms with Crippen LogP contribution in [0.5, 0.6) is 11.5 Å². The predicted octanol–water partition coefficient (Wildman–Crippen LogP) is 6.39. The van der Waals surface area contributed by atoms with Crippen molar-refractivity contribution in [2.45, 2.75) is 26.5 Å². The molecule has 1 unspecified atom stereocenters. The Kier molecular flexibility index (Phi) is 10.5. The summed E-state index contributed by atoms with van der Waals surface area (Å²) in [6.45, 7) is 3.77. The van der Waals surface area contributed by atoms with Crippen molar-refractivity contribution in [3.8, 4) is 11.5 Å². The highest BCUT2D eigenvalue weighted by Crippen LogP contribution is 2.37. The molecule has 0 saturated heterocycles. The molecule has 0 aliphatic carbocycles. The standard InChI is InChI=1S/C27H25BrCl2FN3O4/c1-15(2)24(33-26(35)17-5-8-20(31)9-6-17)27(36)34-32-13-16-10-21(28)25(23(11-16)37-3)38-14-18-4-7-19(29)12-22(18)30/h4-13,15,24H,14H2,1-3H3,(H,33,35)(H,34,36). The number of hydrogen-bond acceptors (Lipinski definition) is 5. The molecule has 3 aromatic rings. The number of hydrazone groups is 1. The van der Waals surface area contributed by atoms with Gasteiger partial charge in [0, 0.05) is 21.2 Å². The van der Waals surface area contributed by atoms with Gasteiger partial charge in [-0.15, -0.1) is 0 Å². The molecule has 1 atom stereocenters. The van der Waals surface area contributed by atoms with E-state index in [0.29, 0.717) is 31.6 Å². The third-order valence-electron chi connectivity index (χ3n) is 5.37. The summed E-state index contributed by atoms with van der Waals surface area (Å²) in [6, 6.07) is 12.8. The van der Waals surface area contributed by atoms with Gasteiger partial charge in [-0.05, 0) is 75.9 Å². The summed E-state index contributed by atoms with van der Waals surface area (Å²) in [4.78, 5) is 25.2. The molecule has 7 nitrogen and oxygen atoms in total. The first-order chi connectivity index (χ1) is 18.1. The molecule has 0 spiro atoms. The van der Waals surface area contributed by atoms with Crippen molar-refractivity contribution in [3.05, 3.63) is 91.6 Å². The minimum absolute atomic E-state index is 0.189. The van der Waals surface area contributed by atoms with Crippen LogP contribution in [0.25, 0.3) is 0 Å². The van der Waals surface area contributed by atoms with E-state index >= 15 is 0 Å². The largest absolute Gasteiger partial charge is 0.493 e. The van der Waals surface area contributed by atoms with Crippen molar-refractivity contribution in [2.75, 3.05) is 7.11 Å². The fourth-order valence-corrected chi connectivity index (χ4v) is 4.38. The maximum Gasteiger partial charge on any atom is 0.262 e. The van der Waals surface area contributed by atoms with Crippen LogP contribution in [0.2, 0.25) is 10.0 Å². The second-order valence-electron chi connectivity index (χ2n) is 8.49. The Morgan fingerprint density at radius 1 is 1.11 bits per heavy atom. The minimum atomic E-state index is -0.860. The lowest BCUT2D eigenvalue weighted by atomic mass is 10.0. The molecule has 38 heavy (non-hydrogen) atoms. The van der Waals surface area contributed by atoms with Crippen molar-refractivity contribution in [1.82, 2.24) is 10.7 Å². The van der Waals surface area contributed by atoms with E-state index in [1.165, 1.54) is 37.6 Å². The van der Waals surface area contributed by atoms with E-state index < -0.39 is 23.7 Å². The molecule has 0 aliphatic heterocycles. The molecule has 0 heterocycles. The molecule has 11 heteroatoms. The number of nitrogens with one attached hydrogen (secondary N) is 2. The number of hydrogen-bond donors (Lipinski definition) is 2. The van der Waals surface area contributed by atoms with Crippen LogP contribution in [0.3, 0.4) is 0 Å². The first-order valence-electron chi connectivity index (χ1n) is 11.4. The molecule has 3 rings (SSSR count). The Hall–Kier alpha value is -3.14. The van der Waals surface area contributed by atoms with Crippen molar-refractivity contribution in [1.29, 1.82) is 0 Å². The van der Waals surface area contributed by atoms with Crippen molar-refractivity contribution in [2.24, 2.45) is 11.0 Å². The molecular formula is C27H25BrCl2FN3O4. The number of methoxy groups -OCH3 is 1. The van der Waals surface area contributed by atoms with Gasteiger partial charge in [-0.1, -0.05) is 43.1 Å². The SMILES string of the molecule is COc1cc(C=NNC(=O)C(NC(=O)c2ccc(F)cc2)C(C)C)cc(Br)c1OCc1ccc(Cl)cc1Cl. The van der Waals surface area contributed by atoms with E-state index in [9.17, 15) is 14.0 Å². The summed E-state index contributed by atoms with van der Waals surface area (Å²) in [7, 11) is 1.50. The summed E-state index contributed by atoms with van der Waals surface area (Å²) in [5, 5.41) is 7.70. The summed E-state index contributed by atoms with van der Waals surface area (Å²) in [6.07, 6.45) is 1.43. The molecule has 0 radical (unpaired) electrons. The normalized spacial score (nSPS) is 11.9. The second kappa shape index (κ2) is 13.6. The lowest BCUT2D eigenvalue weighted by Crippen LogP contribution is -2.48. The molecule has 0 saturated carbocycles. The number of carbonyl (C=O) groups excluding carboxylic acids is 2. The number of halogens is 4. The number of amides is 2. The number of rotatable bonds is 10. The maximum absolute atomic E-state index is 13.1. The highest BCUT2D eigenvalue weighted by molar-refractivity contribution is 9.10. The minimum Gasteiger partial charge on any atom is -0.493 e. The Balaban J connectivity index is 1.66. The van der Waals surface area contributed by atoms with E-state index in [0.717, 1.165) is 5.56 Å². The van der Waals surface area contributed by atoms with Gasteiger partial charge in [-0.2, -0.15) is 5.10 Å². The Bertz CT molecular complexity index is 1340. The van der Waals surface area contributed by atoms with Crippen LogP contribution in [0.4, 0.5) is 4.39 Å². The molecule has 2 N–H and O–H groups in total. The topological polar surface area (TPSA) is 89.0 Å². The zero-order valence-corrected chi connectivity index (χ0v) is 23.8. The summed E-state index contributed by atoms with van der Waals surface area (Å²) < 4.78 is 25.1. The summed E-state index contributed by atoms with van der Waals surface area (Å²) in [5.74, 6) is -0.784. The number of benzene rings is 3. The van der Waals surface area contributed by atoms with E-state index in [4.69, 9.17) is 32.7 Å². The maximum atomic E-state index is 13.1. The molecule has 200 valence electrons. The van der Waals surface area contributed by atoms with Crippen molar-refractivity contribution < 1.29 is 23.5 Å². The van der Waals surface area contributed by atoms with Gasteiger partial charge in [0.05, 0.1) is 17.8 Å². The van der Waals surface area contributed by atoms with Gasteiger partial charge in [-0.3, -0.25) is 9.59 Å². The quantitative estimate of drug-likeness (QED) is 0.202. The Morgan fingerprint density at radius 2 is 1.82 bits per heavy atom. The predicted molar refractivity (Wildman–Crippen MR) is 150 cm³/mol. The van der Waals surface area contributed by atoms with Crippen LogP contribution in [0.1, 0.15) is 35.3 Å². The van der Waals surface area contributed by atoms with Gasteiger partial charge >= 0.3 is 0 Å². The lowest BCUT2D eigenvalue weighted by molar-refractivity contribution is -0.123. The highest BCUT2D eigenvalue weighted by atomic mass is 79.9. The molecule has 0 aliphatic rings.